The highest BCUT2D eigenvalue weighted by Crippen LogP contribution is 2.38. The van der Waals surface area contributed by atoms with Crippen LogP contribution in [0.25, 0.3) is 10.8 Å². The third-order valence-corrected chi connectivity index (χ3v) is 6.42. The summed E-state index contributed by atoms with van der Waals surface area (Å²) in [6.07, 6.45) is 3.98. The Hall–Kier alpha value is -2.47. The van der Waals surface area contributed by atoms with E-state index in [-0.39, 0.29) is 6.10 Å². The van der Waals surface area contributed by atoms with Crippen molar-refractivity contribution in [3.8, 4) is 5.75 Å². The van der Waals surface area contributed by atoms with E-state index in [1.54, 1.807) is 0 Å². The van der Waals surface area contributed by atoms with Gasteiger partial charge in [-0.05, 0) is 50.3 Å². The van der Waals surface area contributed by atoms with Crippen molar-refractivity contribution < 1.29 is 19.3 Å². The van der Waals surface area contributed by atoms with Gasteiger partial charge in [0, 0.05) is 40.9 Å². The van der Waals surface area contributed by atoms with Crippen LogP contribution in [0.5, 0.6) is 5.75 Å². The van der Waals surface area contributed by atoms with Crippen LogP contribution < -0.4 is 4.74 Å². The first-order valence-corrected chi connectivity index (χ1v) is 11.1. The van der Waals surface area contributed by atoms with Gasteiger partial charge in [0.25, 0.3) is 0 Å². The molecule has 1 aromatic heterocycles. The van der Waals surface area contributed by atoms with E-state index >= 15 is 0 Å². The molecule has 3 aromatic rings. The highest BCUT2D eigenvalue weighted by molar-refractivity contribution is 5.86. The number of aliphatic hydroxyl groups is 1. The fourth-order valence-corrected chi connectivity index (χ4v) is 4.65. The SMILES string of the molecule is Cc1cc([C@@H](C)Oc2ccccc2C2(O)COC2)c2cc(C3CCCOC3)ncc2c1. The Morgan fingerprint density at radius 3 is 2.74 bits per heavy atom. The second-order valence-electron chi connectivity index (χ2n) is 8.88. The zero-order valence-electron chi connectivity index (χ0n) is 18.1. The average molecular weight is 420 g/mol. The van der Waals surface area contributed by atoms with Crippen LogP contribution in [0.15, 0.2) is 48.7 Å². The number of aromatic nitrogens is 1. The van der Waals surface area contributed by atoms with Crippen LogP contribution in [0, 0.1) is 6.92 Å². The number of fused-ring (bicyclic) bond motifs is 1. The zero-order valence-corrected chi connectivity index (χ0v) is 18.1. The van der Waals surface area contributed by atoms with E-state index in [2.05, 4.69) is 32.0 Å². The van der Waals surface area contributed by atoms with Crippen LogP contribution >= 0.6 is 0 Å². The monoisotopic (exact) mass is 419 g/mol. The molecule has 5 heteroatoms. The normalized spacial score (nSPS) is 21.5. The topological polar surface area (TPSA) is 60.8 Å². The number of hydrogen-bond acceptors (Lipinski definition) is 5. The molecule has 0 bridgehead atoms. The highest BCUT2D eigenvalue weighted by atomic mass is 16.5. The number of rotatable bonds is 5. The molecule has 5 nitrogen and oxygen atoms in total. The predicted octanol–water partition coefficient (Wildman–Crippen LogP) is 4.80. The Morgan fingerprint density at radius 1 is 1.16 bits per heavy atom. The molecule has 2 fully saturated rings. The molecule has 0 aliphatic carbocycles. The fourth-order valence-electron chi connectivity index (χ4n) is 4.65. The zero-order chi connectivity index (χ0) is 21.4. The summed E-state index contributed by atoms with van der Waals surface area (Å²) in [4.78, 5) is 4.75. The molecule has 0 amide bonds. The number of nitrogens with zero attached hydrogens (tertiary/aromatic N) is 1. The predicted molar refractivity (Wildman–Crippen MR) is 119 cm³/mol. The first-order valence-electron chi connectivity index (χ1n) is 11.1. The number of para-hydroxylation sites is 1. The maximum Gasteiger partial charge on any atom is 0.140 e. The molecule has 0 saturated carbocycles. The molecule has 2 aromatic carbocycles. The Morgan fingerprint density at radius 2 is 2.00 bits per heavy atom. The van der Waals surface area contributed by atoms with E-state index < -0.39 is 5.60 Å². The van der Waals surface area contributed by atoms with Gasteiger partial charge < -0.3 is 19.3 Å². The summed E-state index contributed by atoms with van der Waals surface area (Å²) in [5, 5.41) is 13.1. The van der Waals surface area contributed by atoms with E-state index in [0.29, 0.717) is 24.9 Å². The van der Waals surface area contributed by atoms with Crippen molar-refractivity contribution in [2.75, 3.05) is 26.4 Å². The van der Waals surface area contributed by atoms with Gasteiger partial charge in [-0.3, -0.25) is 4.98 Å². The minimum atomic E-state index is -0.969. The first kappa shape index (κ1) is 20.4. The van der Waals surface area contributed by atoms with Crippen molar-refractivity contribution in [2.45, 2.75) is 44.3 Å². The van der Waals surface area contributed by atoms with Gasteiger partial charge in [0.1, 0.15) is 17.5 Å². The van der Waals surface area contributed by atoms with Crippen molar-refractivity contribution in [1.82, 2.24) is 4.98 Å². The average Bonchev–Trinajstić information content (AvgIpc) is 2.77. The van der Waals surface area contributed by atoms with Gasteiger partial charge in [-0.1, -0.05) is 29.8 Å². The Labute approximate surface area is 183 Å². The van der Waals surface area contributed by atoms with Gasteiger partial charge in [-0.25, -0.2) is 0 Å². The van der Waals surface area contributed by atoms with E-state index in [1.165, 1.54) is 5.56 Å². The number of benzene rings is 2. The summed E-state index contributed by atoms with van der Waals surface area (Å²) in [5.41, 5.74) is 3.20. The Kier molecular flexibility index (Phi) is 5.42. The maximum absolute atomic E-state index is 10.8. The second kappa shape index (κ2) is 8.23. The van der Waals surface area contributed by atoms with Crippen LogP contribution in [-0.2, 0) is 15.1 Å². The minimum absolute atomic E-state index is 0.189. The molecule has 2 atom stereocenters. The van der Waals surface area contributed by atoms with Crippen molar-refractivity contribution in [1.29, 1.82) is 0 Å². The molecular formula is C26H29NO4. The van der Waals surface area contributed by atoms with E-state index in [4.69, 9.17) is 19.2 Å². The van der Waals surface area contributed by atoms with Gasteiger partial charge in [0.2, 0.25) is 0 Å². The third kappa shape index (κ3) is 3.93. The minimum Gasteiger partial charge on any atom is -0.486 e. The van der Waals surface area contributed by atoms with Crippen LogP contribution in [0.2, 0.25) is 0 Å². The lowest BCUT2D eigenvalue weighted by atomic mass is 9.91. The summed E-state index contributed by atoms with van der Waals surface area (Å²) >= 11 is 0. The van der Waals surface area contributed by atoms with E-state index in [0.717, 1.165) is 53.6 Å². The molecule has 1 unspecified atom stereocenters. The molecule has 162 valence electrons. The fraction of sp³-hybridized carbons (Fsp3) is 0.423. The molecule has 0 radical (unpaired) electrons. The van der Waals surface area contributed by atoms with Crippen molar-refractivity contribution in [3.05, 3.63) is 71.0 Å². The lowest BCUT2D eigenvalue weighted by Gasteiger charge is -2.38. The first-order chi connectivity index (χ1) is 15.0. The number of hydrogen-bond donors (Lipinski definition) is 1. The van der Waals surface area contributed by atoms with Gasteiger partial charge in [-0.15, -0.1) is 0 Å². The van der Waals surface area contributed by atoms with Crippen LogP contribution in [0.1, 0.15) is 54.2 Å². The number of ether oxygens (including phenoxy) is 3. The molecule has 2 aliphatic rings. The molecule has 3 heterocycles. The summed E-state index contributed by atoms with van der Waals surface area (Å²) in [6.45, 7) is 6.34. The van der Waals surface area contributed by atoms with Crippen LogP contribution in [-0.4, -0.2) is 36.5 Å². The van der Waals surface area contributed by atoms with Gasteiger partial charge >= 0.3 is 0 Å². The number of aryl methyl sites for hydroxylation is 1. The summed E-state index contributed by atoms with van der Waals surface area (Å²) in [7, 11) is 0. The second-order valence-corrected chi connectivity index (χ2v) is 8.88. The van der Waals surface area contributed by atoms with Crippen molar-refractivity contribution >= 4 is 10.8 Å². The summed E-state index contributed by atoms with van der Waals surface area (Å²) in [5.74, 6) is 1.04. The number of pyridine rings is 1. The Bertz CT molecular complexity index is 1090. The standard InChI is InChI=1S/C26H29NO4/c1-17-10-20-13-27-24(19-6-5-9-29-14-19)12-22(20)21(11-17)18(2)31-25-8-4-3-7-23(25)26(28)15-30-16-26/h3-4,7-8,10-13,18-19,28H,5-6,9,14-16H2,1-2H3/t18-,19?/m1/s1. The summed E-state index contributed by atoms with van der Waals surface area (Å²) in [6, 6.07) is 14.3. The van der Waals surface area contributed by atoms with Crippen molar-refractivity contribution in [2.24, 2.45) is 0 Å². The van der Waals surface area contributed by atoms with Gasteiger partial charge in [0.15, 0.2) is 0 Å². The van der Waals surface area contributed by atoms with E-state index in [1.807, 2.05) is 30.5 Å². The van der Waals surface area contributed by atoms with E-state index in [9.17, 15) is 5.11 Å². The third-order valence-electron chi connectivity index (χ3n) is 6.42. The molecule has 2 saturated heterocycles. The molecule has 1 N–H and O–H groups in total. The molecule has 5 rings (SSSR count). The molecular weight excluding hydrogens is 390 g/mol. The van der Waals surface area contributed by atoms with Crippen molar-refractivity contribution in [3.63, 3.8) is 0 Å². The molecule has 0 spiro atoms. The lowest BCUT2D eigenvalue weighted by Crippen LogP contribution is -2.46. The van der Waals surface area contributed by atoms with Crippen LogP contribution in [0.3, 0.4) is 0 Å². The summed E-state index contributed by atoms with van der Waals surface area (Å²) < 4.78 is 17.4. The van der Waals surface area contributed by atoms with Crippen LogP contribution in [0.4, 0.5) is 0 Å². The van der Waals surface area contributed by atoms with Gasteiger partial charge in [0.05, 0.1) is 19.8 Å². The maximum atomic E-state index is 10.8. The van der Waals surface area contributed by atoms with Gasteiger partial charge in [-0.2, -0.15) is 0 Å². The Balaban J connectivity index is 1.50. The highest BCUT2D eigenvalue weighted by Gasteiger charge is 2.40. The quantitative estimate of drug-likeness (QED) is 0.644. The molecule has 2 aliphatic heterocycles. The lowest BCUT2D eigenvalue weighted by molar-refractivity contribution is -0.185. The smallest absolute Gasteiger partial charge is 0.140 e. The largest absolute Gasteiger partial charge is 0.486 e. The molecule has 31 heavy (non-hydrogen) atoms.